The van der Waals surface area contributed by atoms with Crippen molar-refractivity contribution >= 4 is 17.6 Å². The molecule has 9 heavy (non-hydrogen) atoms. The van der Waals surface area contributed by atoms with E-state index in [4.69, 9.17) is 5.73 Å². The van der Waals surface area contributed by atoms with Gasteiger partial charge in [0.15, 0.2) is 0 Å². The van der Waals surface area contributed by atoms with E-state index in [1.165, 1.54) is 18.7 Å². The summed E-state index contributed by atoms with van der Waals surface area (Å²) < 4.78 is 13.9. The zero-order valence-electron chi connectivity index (χ0n) is 5.50. The molecule has 4 heteroatoms. The molecule has 52 valence electrons. The molecule has 0 spiro atoms. The van der Waals surface area contributed by atoms with Gasteiger partial charge in [-0.05, 0) is 18.7 Å². The Morgan fingerprint density at radius 3 is 2.67 bits per heavy atom. The van der Waals surface area contributed by atoms with Crippen LogP contribution in [0.15, 0.2) is 16.2 Å². The summed E-state index contributed by atoms with van der Waals surface area (Å²) in [4.78, 5) is 0. The van der Waals surface area contributed by atoms with Crippen LogP contribution in [-0.4, -0.2) is 17.0 Å². The van der Waals surface area contributed by atoms with Crippen molar-refractivity contribution in [3.63, 3.8) is 0 Å². The van der Waals surface area contributed by atoms with Gasteiger partial charge in [0, 0.05) is 0 Å². The average Bonchev–Trinajstić information content (AvgIpc) is 1.83. The number of rotatable bonds is 2. The summed E-state index contributed by atoms with van der Waals surface area (Å²) in [6.45, 7) is 1.79. The van der Waals surface area contributed by atoms with E-state index in [-0.39, 0.29) is 0 Å². The molecule has 0 aliphatic rings. The molecule has 0 aliphatic carbocycles. The molecule has 3 nitrogen and oxygen atoms in total. The highest BCUT2D eigenvalue weighted by Gasteiger charge is 1.86. The van der Waals surface area contributed by atoms with Gasteiger partial charge in [-0.2, -0.15) is 0 Å². The Morgan fingerprint density at radius 2 is 2.33 bits per heavy atom. The molecule has 0 bridgehead atoms. The minimum Gasteiger partial charge on any atom is -0.592 e. The molecule has 1 unspecified atom stereocenters. The maximum atomic E-state index is 10.3. The van der Waals surface area contributed by atoms with Crippen LogP contribution in [0, 0.1) is 0 Å². The van der Waals surface area contributed by atoms with E-state index in [0.29, 0.717) is 0 Å². The Bertz CT molecular complexity index is 131. The van der Waals surface area contributed by atoms with Crippen molar-refractivity contribution in [1.29, 1.82) is 0 Å². The van der Waals surface area contributed by atoms with Crippen LogP contribution in [0.4, 0.5) is 0 Å². The Hall–Kier alpha value is -0.480. The van der Waals surface area contributed by atoms with Gasteiger partial charge in [0.1, 0.15) is 6.26 Å². The van der Waals surface area contributed by atoms with E-state index in [9.17, 15) is 4.55 Å². The van der Waals surface area contributed by atoms with Crippen molar-refractivity contribution in [3.8, 4) is 0 Å². The summed E-state index contributed by atoms with van der Waals surface area (Å²) in [5.41, 5.74) is 5.92. The molecule has 0 amide bonds. The highest BCUT2D eigenvalue weighted by Crippen LogP contribution is 1.87. The smallest absolute Gasteiger partial charge is 0.123 e. The monoisotopic (exact) mass is 146 g/mol. The van der Waals surface area contributed by atoms with Crippen LogP contribution in [0.3, 0.4) is 0 Å². The van der Waals surface area contributed by atoms with Crippen LogP contribution in [0.5, 0.6) is 0 Å². The number of hydrogen-bond acceptors (Lipinski definition) is 3. The highest BCUT2D eigenvalue weighted by atomic mass is 32.2. The maximum absolute atomic E-state index is 10.3. The molecule has 0 saturated carbocycles. The van der Waals surface area contributed by atoms with Crippen LogP contribution in [0.1, 0.15) is 6.92 Å². The first kappa shape index (κ1) is 8.52. The average molecular weight is 146 g/mol. The number of nitrogens with zero attached hydrogens (tertiary/aromatic N) is 1. The van der Waals surface area contributed by atoms with Crippen LogP contribution in [0.25, 0.3) is 0 Å². The van der Waals surface area contributed by atoms with Crippen molar-refractivity contribution in [2.24, 2.45) is 10.1 Å². The summed E-state index contributed by atoms with van der Waals surface area (Å²) in [5.74, 6) is 0. The lowest BCUT2D eigenvalue weighted by Crippen LogP contribution is -1.92. The van der Waals surface area contributed by atoms with E-state index < -0.39 is 11.4 Å². The third kappa shape index (κ3) is 5.39. The fraction of sp³-hybridized carbons (Fsp3) is 0.400. The summed E-state index contributed by atoms with van der Waals surface area (Å²) in [6, 6.07) is 0. The number of allylic oxidation sites excluding steroid dienone is 1. The van der Waals surface area contributed by atoms with Crippen molar-refractivity contribution in [1.82, 2.24) is 0 Å². The molecule has 0 saturated heterocycles. The molecule has 0 aromatic rings. The van der Waals surface area contributed by atoms with Crippen LogP contribution in [0.2, 0.25) is 0 Å². The zero-order valence-corrected chi connectivity index (χ0v) is 6.31. The molecular formula is C5H10N2OS. The van der Waals surface area contributed by atoms with Crippen LogP contribution in [-0.2, 0) is 11.4 Å². The topological polar surface area (TPSA) is 61.4 Å². The molecular weight excluding hydrogens is 136 g/mol. The first-order valence-electron chi connectivity index (χ1n) is 2.43. The van der Waals surface area contributed by atoms with Gasteiger partial charge in [0.05, 0.1) is 17.6 Å². The fourth-order valence-corrected chi connectivity index (χ4v) is 0.515. The molecule has 0 aromatic heterocycles. The predicted octanol–water partition coefficient (Wildman–Crippen LogP) is 0.213. The van der Waals surface area contributed by atoms with Crippen molar-refractivity contribution in [2.75, 3.05) is 6.26 Å². The molecule has 0 aliphatic heterocycles. The van der Waals surface area contributed by atoms with Crippen molar-refractivity contribution in [2.45, 2.75) is 6.92 Å². The quantitative estimate of drug-likeness (QED) is 0.447. The highest BCUT2D eigenvalue weighted by molar-refractivity contribution is 7.89. The third-order valence-electron chi connectivity index (χ3n) is 0.668. The Morgan fingerprint density at radius 1 is 1.78 bits per heavy atom. The van der Waals surface area contributed by atoms with Gasteiger partial charge in [-0.1, -0.05) is 4.40 Å². The molecule has 2 N–H and O–H groups in total. The van der Waals surface area contributed by atoms with E-state index >= 15 is 0 Å². The Balaban J connectivity index is 3.71. The van der Waals surface area contributed by atoms with Gasteiger partial charge in [-0.3, -0.25) is 0 Å². The number of hydrogen-bond donors (Lipinski definition) is 1. The lowest BCUT2D eigenvalue weighted by Gasteiger charge is -1.91. The minimum absolute atomic E-state index is 0.810. The zero-order chi connectivity index (χ0) is 7.28. The van der Waals surface area contributed by atoms with E-state index in [1.807, 2.05) is 0 Å². The fourth-order valence-electron chi connectivity index (χ4n) is 0.200. The Kier molecular flexibility index (Phi) is 4.17. The first-order valence-corrected chi connectivity index (χ1v) is 3.94. The molecule has 0 fully saturated rings. The molecule has 0 radical (unpaired) electrons. The van der Waals surface area contributed by atoms with Crippen LogP contribution >= 0.6 is 0 Å². The molecule has 0 rings (SSSR count). The molecule has 0 heterocycles. The van der Waals surface area contributed by atoms with Gasteiger partial charge >= 0.3 is 0 Å². The normalized spacial score (nSPS) is 16.6. The molecule has 0 aromatic carbocycles. The summed E-state index contributed by atoms with van der Waals surface area (Å²) >= 11 is -1.11. The van der Waals surface area contributed by atoms with Gasteiger partial charge in [-0.25, -0.2) is 0 Å². The lowest BCUT2D eigenvalue weighted by atomic mass is 10.4. The van der Waals surface area contributed by atoms with Gasteiger partial charge < -0.3 is 10.3 Å². The van der Waals surface area contributed by atoms with E-state index in [2.05, 4.69) is 4.40 Å². The standard InChI is InChI=1S/C5H10N2OS/c1-5(3-6)4-7-9(2)8/h3-4H,6H2,1-2H3/b5-3-,7-4-. The summed E-state index contributed by atoms with van der Waals surface area (Å²) in [6.07, 6.45) is 4.40. The molecule has 1 atom stereocenters. The van der Waals surface area contributed by atoms with Crippen molar-refractivity contribution < 1.29 is 4.55 Å². The largest absolute Gasteiger partial charge is 0.592 e. The maximum Gasteiger partial charge on any atom is 0.123 e. The van der Waals surface area contributed by atoms with E-state index in [1.54, 1.807) is 6.92 Å². The second-order valence-corrected chi connectivity index (χ2v) is 2.63. The van der Waals surface area contributed by atoms with Crippen molar-refractivity contribution in [3.05, 3.63) is 11.8 Å². The van der Waals surface area contributed by atoms with Crippen LogP contribution < -0.4 is 5.73 Å². The predicted molar refractivity (Wildman–Crippen MR) is 40.5 cm³/mol. The van der Waals surface area contributed by atoms with Gasteiger partial charge in [0.2, 0.25) is 0 Å². The summed E-state index contributed by atoms with van der Waals surface area (Å²) in [7, 11) is 0. The minimum atomic E-state index is -1.11. The number of nitrogens with two attached hydrogens (primary N) is 1. The summed E-state index contributed by atoms with van der Waals surface area (Å²) in [5, 5.41) is 0. The second kappa shape index (κ2) is 4.40. The van der Waals surface area contributed by atoms with E-state index in [0.717, 1.165) is 5.57 Å². The Labute approximate surface area is 58.0 Å². The lowest BCUT2D eigenvalue weighted by molar-refractivity contribution is 0.603. The first-order chi connectivity index (χ1) is 4.16. The SMILES string of the molecule is CC(/C=N\[S+](C)[O-])=C/N. The van der Waals surface area contributed by atoms with Gasteiger partial charge in [0.25, 0.3) is 0 Å². The van der Waals surface area contributed by atoms with Gasteiger partial charge in [-0.15, -0.1) is 0 Å². The second-order valence-electron chi connectivity index (χ2n) is 1.57. The third-order valence-corrected chi connectivity index (χ3v) is 1.07.